The Hall–Kier alpha value is -2.36. The fourth-order valence-corrected chi connectivity index (χ4v) is 4.29. The monoisotopic (exact) mass is 446 g/mol. The molecule has 30 heavy (non-hydrogen) atoms. The maximum Gasteiger partial charge on any atom is 0.230 e. The van der Waals surface area contributed by atoms with E-state index >= 15 is 0 Å². The second-order valence-corrected chi connectivity index (χ2v) is 8.31. The summed E-state index contributed by atoms with van der Waals surface area (Å²) in [5.74, 6) is 1.78. The topological polar surface area (TPSA) is 84.1 Å². The molecule has 0 aliphatic carbocycles. The van der Waals surface area contributed by atoms with Crippen LogP contribution < -0.4 is 5.32 Å². The molecule has 1 amide bonds. The lowest BCUT2D eigenvalue weighted by atomic mass is 10.2. The van der Waals surface area contributed by atoms with Crippen molar-refractivity contribution in [1.29, 1.82) is 0 Å². The number of nitrogens with one attached hydrogen (secondary N) is 1. The Morgan fingerprint density at radius 2 is 2.27 bits per heavy atom. The highest BCUT2D eigenvalue weighted by atomic mass is 35.5. The van der Waals surface area contributed by atoms with Crippen molar-refractivity contribution in [2.24, 2.45) is 9.98 Å². The van der Waals surface area contributed by atoms with Gasteiger partial charge < -0.3 is 15.0 Å². The number of carbonyl (C=O) groups is 1. The lowest BCUT2D eigenvalue weighted by molar-refractivity contribution is -0.118. The van der Waals surface area contributed by atoms with Crippen LogP contribution >= 0.6 is 23.4 Å². The Morgan fingerprint density at radius 1 is 1.40 bits per heavy atom. The van der Waals surface area contributed by atoms with E-state index < -0.39 is 0 Å². The van der Waals surface area contributed by atoms with Gasteiger partial charge >= 0.3 is 0 Å². The minimum Gasteiger partial charge on any atom is -0.383 e. The van der Waals surface area contributed by atoms with E-state index in [1.54, 1.807) is 18.0 Å². The highest BCUT2D eigenvalue weighted by Gasteiger charge is 2.31. The van der Waals surface area contributed by atoms with Crippen LogP contribution in [0.4, 0.5) is 5.82 Å². The average Bonchev–Trinajstić information content (AvgIpc) is 3.18. The minimum absolute atomic E-state index is 0.0557. The molecule has 2 aromatic rings. The van der Waals surface area contributed by atoms with Crippen molar-refractivity contribution in [3.63, 3.8) is 0 Å². The summed E-state index contributed by atoms with van der Waals surface area (Å²) in [6, 6.07) is 5.81. The molecule has 158 valence electrons. The van der Waals surface area contributed by atoms with Crippen LogP contribution in [-0.4, -0.2) is 70.7 Å². The molecule has 8 nitrogen and oxygen atoms in total. The number of ether oxygens (including phenoxy) is 1. The molecule has 1 aromatic heterocycles. The van der Waals surface area contributed by atoms with Gasteiger partial charge in [-0.05, 0) is 31.0 Å². The van der Waals surface area contributed by atoms with Gasteiger partial charge in [0, 0.05) is 31.8 Å². The van der Waals surface area contributed by atoms with E-state index in [2.05, 4.69) is 15.3 Å². The van der Waals surface area contributed by atoms with Gasteiger partial charge in [0.25, 0.3) is 0 Å². The van der Waals surface area contributed by atoms with E-state index in [0.29, 0.717) is 24.0 Å². The molecule has 3 heterocycles. The molecule has 1 aromatic carbocycles. The summed E-state index contributed by atoms with van der Waals surface area (Å²) < 4.78 is 6.74. The highest BCUT2D eigenvalue weighted by Crippen LogP contribution is 2.33. The van der Waals surface area contributed by atoms with Crippen LogP contribution in [0.25, 0.3) is 5.69 Å². The van der Waals surface area contributed by atoms with Crippen LogP contribution in [0.15, 0.2) is 34.4 Å². The predicted molar refractivity (Wildman–Crippen MR) is 120 cm³/mol. The number of aryl methyl sites for hydroxylation is 1. The van der Waals surface area contributed by atoms with Gasteiger partial charge in [-0.2, -0.15) is 5.10 Å². The number of amidine groups is 2. The third-order valence-electron chi connectivity index (χ3n) is 4.83. The van der Waals surface area contributed by atoms with Crippen molar-refractivity contribution in [2.45, 2.75) is 13.3 Å². The van der Waals surface area contributed by atoms with E-state index in [0.717, 1.165) is 47.3 Å². The Labute approximate surface area is 184 Å². The van der Waals surface area contributed by atoms with Gasteiger partial charge in [0.1, 0.15) is 5.84 Å². The predicted octanol–water partition coefficient (Wildman–Crippen LogP) is 2.78. The largest absolute Gasteiger partial charge is 0.383 e. The molecule has 2 aliphatic heterocycles. The number of carbonyl (C=O) groups excluding carboxylic acids is 1. The average molecular weight is 447 g/mol. The summed E-state index contributed by atoms with van der Waals surface area (Å²) in [5.41, 5.74) is 2.73. The lowest BCUT2D eigenvalue weighted by Gasteiger charge is -2.32. The van der Waals surface area contributed by atoms with Crippen LogP contribution in [0.5, 0.6) is 0 Å². The molecule has 0 bridgehead atoms. The fourth-order valence-electron chi connectivity index (χ4n) is 3.27. The molecule has 0 saturated heterocycles. The zero-order chi connectivity index (χ0) is 21.1. The number of nitrogens with zero attached hydrogens (tertiary/aromatic N) is 5. The number of halogens is 1. The molecule has 0 atom stereocenters. The molecule has 0 unspecified atom stereocenters. The summed E-state index contributed by atoms with van der Waals surface area (Å²) >= 11 is 7.72. The second kappa shape index (κ2) is 9.20. The molecule has 10 heteroatoms. The van der Waals surface area contributed by atoms with Gasteiger partial charge in [0.05, 0.1) is 29.8 Å². The third-order valence-corrected chi connectivity index (χ3v) is 6.22. The molecule has 0 fully saturated rings. The number of hydrogen-bond acceptors (Lipinski definition) is 7. The normalized spacial score (nSPS) is 15.2. The summed E-state index contributed by atoms with van der Waals surface area (Å²) in [6.45, 7) is 4.52. The number of hydrogen-bond donors (Lipinski definition) is 1. The number of amides is 1. The van der Waals surface area contributed by atoms with Gasteiger partial charge in [-0.1, -0.05) is 29.4 Å². The molecule has 1 N–H and O–H groups in total. The first-order chi connectivity index (χ1) is 14.6. The number of rotatable bonds is 6. The number of aromatic nitrogens is 2. The van der Waals surface area contributed by atoms with E-state index in [-0.39, 0.29) is 11.7 Å². The molecule has 0 saturated carbocycles. The maximum absolute atomic E-state index is 12.2. The van der Waals surface area contributed by atoms with Crippen LogP contribution in [0.3, 0.4) is 0 Å². The van der Waals surface area contributed by atoms with Crippen molar-refractivity contribution in [3.05, 3.63) is 40.5 Å². The summed E-state index contributed by atoms with van der Waals surface area (Å²) in [7, 11) is 1.61. The van der Waals surface area contributed by atoms with Gasteiger partial charge in [-0.25, -0.2) is 9.67 Å². The van der Waals surface area contributed by atoms with E-state index in [1.165, 1.54) is 11.8 Å². The number of benzene rings is 1. The Balaban J connectivity index is 1.63. The first kappa shape index (κ1) is 20.9. The number of methoxy groups -OCH3 is 1. The first-order valence-corrected chi connectivity index (χ1v) is 11.1. The fraction of sp³-hybridized carbons (Fsp3) is 0.400. The van der Waals surface area contributed by atoms with Gasteiger partial charge in [0.2, 0.25) is 5.91 Å². The molecular weight excluding hydrogens is 424 g/mol. The zero-order valence-corrected chi connectivity index (χ0v) is 18.5. The Bertz CT molecular complexity index is 1020. The van der Waals surface area contributed by atoms with Crippen LogP contribution in [0.2, 0.25) is 5.02 Å². The van der Waals surface area contributed by atoms with Crippen molar-refractivity contribution in [2.75, 3.05) is 39.1 Å². The van der Waals surface area contributed by atoms with Gasteiger partial charge in [-0.3, -0.25) is 9.79 Å². The third kappa shape index (κ3) is 4.23. The maximum atomic E-state index is 12.2. The van der Waals surface area contributed by atoms with Crippen molar-refractivity contribution < 1.29 is 9.53 Å². The van der Waals surface area contributed by atoms with Gasteiger partial charge in [-0.15, -0.1) is 0 Å². The van der Waals surface area contributed by atoms with Gasteiger partial charge in [0.15, 0.2) is 11.0 Å². The molecule has 4 rings (SSSR count). The minimum atomic E-state index is -0.0557. The van der Waals surface area contributed by atoms with E-state index in [4.69, 9.17) is 26.3 Å². The standard InChI is InChI=1S/C20H23ClN6O2S/c1-13-4-5-14(10-16(13)21)27-19-15(11-24-27)18-23-6-3-8-26(18)20(25-19)30-12-17(28)22-7-9-29-2/h4-5,10-11H,3,6-9,12H2,1-2H3,(H,22,28). The van der Waals surface area contributed by atoms with E-state index in [1.807, 2.05) is 25.1 Å². The van der Waals surface area contributed by atoms with Crippen LogP contribution in [0, 0.1) is 6.92 Å². The number of aliphatic imine (C=N–C) groups is 2. The quantitative estimate of drug-likeness (QED) is 0.690. The summed E-state index contributed by atoms with van der Waals surface area (Å²) in [5, 5.41) is 8.82. The van der Waals surface area contributed by atoms with Crippen molar-refractivity contribution >= 4 is 46.1 Å². The molecule has 0 radical (unpaired) electrons. The Kier molecular flexibility index (Phi) is 6.40. The number of fused-ring (bicyclic) bond motifs is 3. The van der Waals surface area contributed by atoms with Crippen LogP contribution in [-0.2, 0) is 9.53 Å². The zero-order valence-electron chi connectivity index (χ0n) is 16.9. The lowest BCUT2D eigenvalue weighted by Crippen LogP contribution is -2.42. The van der Waals surface area contributed by atoms with Crippen LogP contribution in [0.1, 0.15) is 17.5 Å². The Morgan fingerprint density at radius 3 is 3.07 bits per heavy atom. The highest BCUT2D eigenvalue weighted by molar-refractivity contribution is 8.14. The first-order valence-electron chi connectivity index (χ1n) is 9.72. The smallest absolute Gasteiger partial charge is 0.230 e. The summed E-state index contributed by atoms with van der Waals surface area (Å²) in [6.07, 6.45) is 2.74. The number of thioether (sulfide) groups is 1. The van der Waals surface area contributed by atoms with Crippen molar-refractivity contribution in [1.82, 2.24) is 20.0 Å². The summed E-state index contributed by atoms with van der Waals surface area (Å²) in [4.78, 5) is 23.8. The van der Waals surface area contributed by atoms with E-state index in [9.17, 15) is 4.79 Å². The van der Waals surface area contributed by atoms with Crippen molar-refractivity contribution in [3.8, 4) is 5.69 Å². The second-order valence-electron chi connectivity index (χ2n) is 6.96. The molecule has 2 aliphatic rings. The molecular formula is C20H23ClN6O2S. The SMILES string of the molecule is COCCNC(=O)CSC1=Nc2c(cnn2-c2ccc(C)c(Cl)c2)C2=NCCCN12. The molecule has 0 spiro atoms.